The number of nitrogens with zero attached hydrogens (tertiary/aromatic N) is 1. The molecule has 1 aliphatic rings. The van der Waals surface area contributed by atoms with Crippen molar-refractivity contribution in [3.8, 4) is 11.5 Å². The van der Waals surface area contributed by atoms with Gasteiger partial charge in [0.2, 0.25) is 0 Å². The normalized spacial score (nSPS) is 18.6. The number of hydrogen-bond donors (Lipinski definition) is 2. The lowest BCUT2D eigenvalue weighted by Gasteiger charge is -2.33. The summed E-state index contributed by atoms with van der Waals surface area (Å²) in [6.07, 6.45) is 0. The van der Waals surface area contributed by atoms with E-state index in [0.29, 0.717) is 5.75 Å². The average Bonchev–Trinajstić information content (AvgIpc) is 2.46. The molecule has 0 aromatic heterocycles. The summed E-state index contributed by atoms with van der Waals surface area (Å²) in [6.45, 7) is 0.381. The Morgan fingerprint density at radius 2 is 2.20 bits per heavy atom. The number of phenols is 1. The molecule has 7 nitrogen and oxygen atoms in total. The van der Waals surface area contributed by atoms with Crippen molar-refractivity contribution >= 4 is 11.9 Å². The van der Waals surface area contributed by atoms with Crippen molar-refractivity contribution in [3.05, 3.63) is 23.8 Å². The molecule has 0 saturated carbocycles. The SMILES string of the molecule is COc1ccc(C(=O)N2CCOCC2C(=O)O)c(O)c1. The Hall–Kier alpha value is -2.28. The van der Waals surface area contributed by atoms with Gasteiger partial charge in [0, 0.05) is 12.6 Å². The molecule has 1 aliphatic heterocycles. The summed E-state index contributed by atoms with van der Waals surface area (Å²) in [6, 6.07) is 3.20. The summed E-state index contributed by atoms with van der Waals surface area (Å²) in [5.74, 6) is -1.51. The van der Waals surface area contributed by atoms with Gasteiger partial charge in [-0.1, -0.05) is 0 Å². The van der Waals surface area contributed by atoms with E-state index in [-0.39, 0.29) is 31.1 Å². The van der Waals surface area contributed by atoms with Crippen molar-refractivity contribution in [3.63, 3.8) is 0 Å². The fourth-order valence-electron chi connectivity index (χ4n) is 2.03. The van der Waals surface area contributed by atoms with Gasteiger partial charge < -0.3 is 24.6 Å². The Bertz CT molecular complexity index is 530. The molecular formula is C13H15NO6. The number of rotatable bonds is 3. The van der Waals surface area contributed by atoms with Crippen LogP contribution in [-0.2, 0) is 9.53 Å². The van der Waals surface area contributed by atoms with Gasteiger partial charge in [-0.25, -0.2) is 4.79 Å². The maximum Gasteiger partial charge on any atom is 0.328 e. The third-order valence-corrected chi connectivity index (χ3v) is 3.11. The van der Waals surface area contributed by atoms with E-state index in [9.17, 15) is 14.7 Å². The Labute approximate surface area is 115 Å². The number of methoxy groups -OCH3 is 1. The molecule has 1 amide bonds. The highest BCUT2D eigenvalue weighted by Gasteiger charge is 2.34. The lowest BCUT2D eigenvalue weighted by Crippen LogP contribution is -2.52. The highest BCUT2D eigenvalue weighted by Crippen LogP contribution is 2.25. The Morgan fingerprint density at radius 3 is 2.80 bits per heavy atom. The minimum Gasteiger partial charge on any atom is -0.507 e. The van der Waals surface area contributed by atoms with Crippen LogP contribution < -0.4 is 4.74 Å². The van der Waals surface area contributed by atoms with Gasteiger partial charge in [0.15, 0.2) is 6.04 Å². The monoisotopic (exact) mass is 281 g/mol. The maximum absolute atomic E-state index is 12.3. The smallest absolute Gasteiger partial charge is 0.328 e. The number of aromatic hydroxyl groups is 1. The molecule has 1 aromatic carbocycles. The molecule has 1 aromatic rings. The van der Waals surface area contributed by atoms with Gasteiger partial charge in [0.05, 0.1) is 25.9 Å². The van der Waals surface area contributed by atoms with Crippen molar-refractivity contribution in [1.82, 2.24) is 4.90 Å². The minimum absolute atomic E-state index is 0.0407. The molecule has 0 spiro atoms. The van der Waals surface area contributed by atoms with E-state index >= 15 is 0 Å². The molecule has 2 rings (SSSR count). The third kappa shape index (κ3) is 2.67. The van der Waals surface area contributed by atoms with Gasteiger partial charge in [-0.15, -0.1) is 0 Å². The number of amides is 1. The van der Waals surface area contributed by atoms with Crippen molar-refractivity contribution in [2.75, 3.05) is 26.9 Å². The van der Waals surface area contributed by atoms with Gasteiger partial charge in [0.1, 0.15) is 11.5 Å². The summed E-state index contributed by atoms with van der Waals surface area (Å²) < 4.78 is 10.0. The fourth-order valence-corrected chi connectivity index (χ4v) is 2.03. The maximum atomic E-state index is 12.3. The molecular weight excluding hydrogens is 266 g/mol. The standard InChI is InChI=1S/C13H15NO6/c1-19-8-2-3-9(11(15)6-8)12(16)14-4-5-20-7-10(14)13(17)18/h2-3,6,10,15H,4-5,7H2,1H3,(H,17,18). The van der Waals surface area contributed by atoms with Crippen LogP contribution in [0, 0.1) is 0 Å². The summed E-state index contributed by atoms with van der Waals surface area (Å²) in [5, 5.41) is 18.9. The lowest BCUT2D eigenvalue weighted by molar-refractivity contribution is -0.147. The zero-order valence-corrected chi connectivity index (χ0v) is 10.9. The van der Waals surface area contributed by atoms with Crippen LogP contribution in [0.15, 0.2) is 18.2 Å². The highest BCUT2D eigenvalue weighted by atomic mass is 16.5. The third-order valence-electron chi connectivity index (χ3n) is 3.11. The van der Waals surface area contributed by atoms with Crippen LogP contribution in [0.5, 0.6) is 11.5 Å². The molecule has 1 unspecified atom stereocenters. The molecule has 7 heteroatoms. The van der Waals surface area contributed by atoms with Gasteiger partial charge in [0.25, 0.3) is 5.91 Å². The Balaban J connectivity index is 2.27. The molecule has 0 bridgehead atoms. The van der Waals surface area contributed by atoms with E-state index < -0.39 is 17.9 Å². The van der Waals surface area contributed by atoms with Crippen LogP contribution in [-0.4, -0.2) is 59.9 Å². The van der Waals surface area contributed by atoms with Gasteiger partial charge in [-0.3, -0.25) is 4.79 Å². The first kappa shape index (κ1) is 14.1. The van der Waals surface area contributed by atoms with Crippen LogP contribution in [0.25, 0.3) is 0 Å². The first-order chi connectivity index (χ1) is 9.54. The second kappa shape index (κ2) is 5.79. The predicted octanol–water partition coefficient (Wildman–Crippen LogP) is 0.326. The molecule has 108 valence electrons. The Morgan fingerprint density at radius 1 is 1.45 bits per heavy atom. The number of phenolic OH excluding ortho intramolecular Hbond substituents is 1. The van der Waals surface area contributed by atoms with Crippen molar-refractivity contribution in [2.24, 2.45) is 0 Å². The van der Waals surface area contributed by atoms with Crippen molar-refractivity contribution < 1.29 is 29.3 Å². The predicted molar refractivity (Wildman–Crippen MR) is 67.9 cm³/mol. The number of aliphatic carboxylic acids is 1. The quantitative estimate of drug-likeness (QED) is 0.828. The number of carboxylic acids is 1. The number of carbonyl (C=O) groups excluding carboxylic acids is 1. The van der Waals surface area contributed by atoms with Gasteiger partial charge >= 0.3 is 5.97 Å². The molecule has 1 atom stereocenters. The molecule has 1 saturated heterocycles. The second-order valence-corrected chi connectivity index (χ2v) is 4.31. The molecule has 2 N–H and O–H groups in total. The molecule has 1 fully saturated rings. The number of hydrogen-bond acceptors (Lipinski definition) is 5. The second-order valence-electron chi connectivity index (χ2n) is 4.31. The van der Waals surface area contributed by atoms with E-state index in [1.54, 1.807) is 0 Å². The highest BCUT2D eigenvalue weighted by molar-refractivity contribution is 5.99. The fraction of sp³-hybridized carbons (Fsp3) is 0.385. The first-order valence-electron chi connectivity index (χ1n) is 6.03. The first-order valence-corrected chi connectivity index (χ1v) is 6.03. The zero-order valence-electron chi connectivity index (χ0n) is 10.9. The van der Waals surface area contributed by atoms with Crippen LogP contribution in [0.2, 0.25) is 0 Å². The molecule has 0 radical (unpaired) electrons. The van der Waals surface area contributed by atoms with Crippen molar-refractivity contribution in [2.45, 2.75) is 6.04 Å². The zero-order chi connectivity index (χ0) is 14.7. The number of benzene rings is 1. The molecule has 0 aliphatic carbocycles. The number of ether oxygens (including phenoxy) is 2. The summed E-state index contributed by atoms with van der Waals surface area (Å²) in [7, 11) is 1.44. The topological polar surface area (TPSA) is 96.3 Å². The van der Waals surface area contributed by atoms with E-state index in [1.807, 2.05) is 0 Å². The molecule has 1 heterocycles. The van der Waals surface area contributed by atoms with E-state index in [0.717, 1.165) is 0 Å². The average molecular weight is 281 g/mol. The number of morpholine rings is 1. The minimum atomic E-state index is -1.13. The largest absolute Gasteiger partial charge is 0.507 e. The van der Waals surface area contributed by atoms with E-state index in [1.165, 1.54) is 30.2 Å². The van der Waals surface area contributed by atoms with Crippen molar-refractivity contribution in [1.29, 1.82) is 0 Å². The van der Waals surface area contributed by atoms with Crippen LogP contribution in [0.4, 0.5) is 0 Å². The molecule has 20 heavy (non-hydrogen) atoms. The number of carbonyl (C=O) groups is 2. The van der Waals surface area contributed by atoms with Crippen LogP contribution in [0.1, 0.15) is 10.4 Å². The summed E-state index contributed by atoms with van der Waals surface area (Å²) in [5.41, 5.74) is 0.0407. The van der Waals surface area contributed by atoms with Crippen LogP contribution >= 0.6 is 0 Å². The van der Waals surface area contributed by atoms with Crippen LogP contribution in [0.3, 0.4) is 0 Å². The summed E-state index contributed by atoms with van der Waals surface area (Å²) >= 11 is 0. The van der Waals surface area contributed by atoms with E-state index in [4.69, 9.17) is 14.6 Å². The van der Waals surface area contributed by atoms with Gasteiger partial charge in [-0.2, -0.15) is 0 Å². The Kier molecular flexibility index (Phi) is 4.09. The van der Waals surface area contributed by atoms with E-state index in [2.05, 4.69) is 0 Å². The summed E-state index contributed by atoms with van der Waals surface area (Å²) in [4.78, 5) is 24.7. The lowest BCUT2D eigenvalue weighted by atomic mass is 10.1. The number of carboxylic acid groups (broad SMARTS) is 1. The van der Waals surface area contributed by atoms with Gasteiger partial charge in [-0.05, 0) is 12.1 Å².